The summed E-state index contributed by atoms with van der Waals surface area (Å²) in [6, 6.07) is 14.5. The number of nitrogens with one attached hydrogen (secondary N) is 1. The lowest BCUT2D eigenvalue weighted by molar-refractivity contribution is 0.102. The van der Waals surface area contributed by atoms with Crippen LogP contribution in [-0.2, 0) is 0 Å². The van der Waals surface area contributed by atoms with Crippen molar-refractivity contribution in [3.8, 4) is 6.07 Å². The number of amides is 1. The number of anilines is 1. The van der Waals surface area contributed by atoms with Crippen LogP contribution in [0.2, 0.25) is 0 Å². The molecule has 19 heavy (non-hydrogen) atoms. The van der Waals surface area contributed by atoms with E-state index in [1.54, 1.807) is 30.3 Å². The van der Waals surface area contributed by atoms with Gasteiger partial charge in [0, 0.05) is 10.0 Å². The zero-order valence-corrected chi connectivity index (χ0v) is 11.9. The second kappa shape index (κ2) is 5.68. The molecule has 4 heteroatoms. The van der Waals surface area contributed by atoms with Crippen molar-refractivity contribution in [2.45, 2.75) is 6.92 Å². The molecular formula is C15H11BrN2O. The zero-order valence-electron chi connectivity index (χ0n) is 10.3. The van der Waals surface area contributed by atoms with E-state index in [4.69, 9.17) is 5.26 Å². The molecule has 0 aliphatic rings. The fourth-order valence-electron chi connectivity index (χ4n) is 1.62. The number of hydrogen-bond donors (Lipinski definition) is 1. The number of aryl methyl sites for hydroxylation is 1. The van der Waals surface area contributed by atoms with Gasteiger partial charge in [-0.25, -0.2) is 0 Å². The van der Waals surface area contributed by atoms with Crippen molar-refractivity contribution in [2.75, 3.05) is 5.32 Å². The Morgan fingerprint density at radius 1 is 1.21 bits per heavy atom. The van der Waals surface area contributed by atoms with Gasteiger partial charge >= 0.3 is 0 Å². The lowest BCUT2D eigenvalue weighted by Crippen LogP contribution is -2.12. The predicted molar refractivity (Wildman–Crippen MR) is 78.0 cm³/mol. The van der Waals surface area contributed by atoms with Crippen LogP contribution in [0.4, 0.5) is 5.69 Å². The van der Waals surface area contributed by atoms with Crippen LogP contribution in [0.5, 0.6) is 0 Å². The molecule has 2 aromatic carbocycles. The maximum atomic E-state index is 12.0. The number of nitriles is 1. The molecule has 94 valence electrons. The van der Waals surface area contributed by atoms with E-state index in [9.17, 15) is 4.79 Å². The number of rotatable bonds is 2. The van der Waals surface area contributed by atoms with Gasteiger partial charge in [0.1, 0.15) is 6.07 Å². The molecule has 0 aromatic heterocycles. The van der Waals surface area contributed by atoms with Crippen LogP contribution in [0, 0.1) is 18.3 Å². The molecule has 1 amide bonds. The minimum atomic E-state index is -0.223. The molecule has 0 bridgehead atoms. The van der Waals surface area contributed by atoms with Gasteiger partial charge in [0.2, 0.25) is 0 Å². The summed E-state index contributed by atoms with van der Waals surface area (Å²) in [5.74, 6) is -0.223. The first-order valence-electron chi connectivity index (χ1n) is 5.68. The summed E-state index contributed by atoms with van der Waals surface area (Å²) >= 11 is 3.29. The monoisotopic (exact) mass is 314 g/mol. The van der Waals surface area contributed by atoms with Crippen molar-refractivity contribution in [2.24, 2.45) is 0 Å². The molecule has 0 radical (unpaired) electrons. The highest BCUT2D eigenvalue weighted by molar-refractivity contribution is 9.10. The van der Waals surface area contributed by atoms with Crippen LogP contribution >= 0.6 is 15.9 Å². The molecule has 0 saturated carbocycles. The van der Waals surface area contributed by atoms with E-state index in [0.29, 0.717) is 16.8 Å². The van der Waals surface area contributed by atoms with Crippen LogP contribution < -0.4 is 5.32 Å². The van der Waals surface area contributed by atoms with Gasteiger partial charge in [-0.05, 0) is 37.3 Å². The van der Waals surface area contributed by atoms with E-state index in [1.807, 2.05) is 19.1 Å². The fourth-order valence-corrected chi connectivity index (χ4v) is 1.98. The first-order chi connectivity index (χ1) is 9.10. The summed E-state index contributed by atoms with van der Waals surface area (Å²) in [6.07, 6.45) is 0. The number of benzene rings is 2. The van der Waals surface area contributed by atoms with Crippen molar-refractivity contribution in [3.63, 3.8) is 0 Å². The molecule has 1 N–H and O–H groups in total. The largest absolute Gasteiger partial charge is 0.321 e. The van der Waals surface area contributed by atoms with Crippen LogP contribution in [0.25, 0.3) is 0 Å². The van der Waals surface area contributed by atoms with E-state index in [1.165, 1.54) is 0 Å². The molecule has 0 spiro atoms. The van der Waals surface area contributed by atoms with Crippen molar-refractivity contribution in [1.29, 1.82) is 5.26 Å². The Morgan fingerprint density at radius 3 is 2.53 bits per heavy atom. The summed E-state index contributed by atoms with van der Waals surface area (Å²) in [6.45, 7) is 1.96. The van der Waals surface area contributed by atoms with Crippen molar-refractivity contribution >= 4 is 27.5 Å². The van der Waals surface area contributed by atoms with Gasteiger partial charge in [0.05, 0.1) is 11.3 Å². The fraction of sp³-hybridized carbons (Fsp3) is 0.0667. The Bertz CT molecular complexity index is 657. The Hall–Kier alpha value is -2.12. The summed E-state index contributed by atoms with van der Waals surface area (Å²) in [7, 11) is 0. The number of nitrogens with zero attached hydrogens (tertiary/aromatic N) is 1. The molecule has 2 rings (SSSR count). The lowest BCUT2D eigenvalue weighted by atomic mass is 10.1. The number of hydrogen-bond acceptors (Lipinski definition) is 2. The highest BCUT2D eigenvalue weighted by Gasteiger charge is 2.09. The summed E-state index contributed by atoms with van der Waals surface area (Å²) in [4.78, 5) is 12.0. The zero-order chi connectivity index (χ0) is 13.8. The van der Waals surface area contributed by atoms with E-state index in [0.717, 1.165) is 10.0 Å². The Balaban J connectivity index is 2.24. The third kappa shape index (κ3) is 3.21. The molecule has 0 fully saturated rings. The third-order valence-corrected chi connectivity index (χ3v) is 3.16. The molecule has 2 aromatic rings. The summed E-state index contributed by atoms with van der Waals surface area (Å²) < 4.78 is 0.803. The first-order valence-corrected chi connectivity index (χ1v) is 6.47. The second-order valence-corrected chi connectivity index (χ2v) is 5.04. The van der Waals surface area contributed by atoms with Gasteiger partial charge in [-0.2, -0.15) is 5.26 Å². The van der Waals surface area contributed by atoms with Crippen molar-refractivity contribution in [1.82, 2.24) is 0 Å². The molecule has 3 nitrogen and oxygen atoms in total. The topological polar surface area (TPSA) is 52.9 Å². The SMILES string of the molecule is Cc1ccc(C(=O)Nc2ccc(Br)cc2C#N)cc1. The van der Waals surface area contributed by atoms with E-state index >= 15 is 0 Å². The molecule has 0 aliphatic heterocycles. The number of halogens is 1. The summed E-state index contributed by atoms with van der Waals surface area (Å²) in [5, 5.41) is 11.8. The maximum Gasteiger partial charge on any atom is 0.255 e. The van der Waals surface area contributed by atoms with Gasteiger partial charge in [0.25, 0.3) is 5.91 Å². The number of carbonyl (C=O) groups excluding carboxylic acids is 1. The van der Waals surface area contributed by atoms with Crippen LogP contribution in [0.15, 0.2) is 46.9 Å². The molecule has 0 saturated heterocycles. The average molecular weight is 315 g/mol. The van der Waals surface area contributed by atoms with Gasteiger partial charge in [0.15, 0.2) is 0 Å². The third-order valence-electron chi connectivity index (χ3n) is 2.66. The molecule has 0 heterocycles. The Kier molecular flexibility index (Phi) is 3.98. The van der Waals surface area contributed by atoms with Crippen LogP contribution in [0.3, 0.4) is 0 Å². The first kappa shape index (κ1) is 13.3. The highest BCUT2D eigenvalue weighted by Crippen LogP contribution is 2.21. The lowest BCUT2D eigenvalue weighted by Gasteiger charge is -2.07. The molecule has 0 aliphatic carbocycles. The van der Waals surface area contributed by atoms with Gasteiger partial charge in [-0.3, -0.25) is 4.79 Å². The van der Waals surface area contributed by atoms with Crippen molar-refractivity contribution < 1.29 is 4.79 Å². The standard InChI is InChI=1S/C15H11BrN2O/c1-10-2-4-11(5-3-10)15(19)18-14-7-6-13(16)8-12(14)9-17/h2-8H,1H3,(H,18,19). The van der Waals surface area contributed by atoms with Crippen LogP contribution in [-0.4, -0.2) is 5.91 Å². The molecular weight excluding hydrogens is 304 g/mol. The Labute approximate surface area is 120 Å². The van der Waals surface area contributed by atoms with Crippen molar-refractivity contribution in [3.05, 3.63) is 63.6 Å². The predicted octanol–water partition coefficient (Wildman–Crippen LogP) is 3.88. The Morgan fingerprint density at radius 2 is 1.89 bits per heavy atom. The number of carbonyl (C=O) groups is 1. The minimum absolute atomic E-state index is 0.223. The minimum Gasteiger partial charge on any atom is -0.321 e. The highest BCUT2D eigenvalue weighted by atomic mass is 79.9. The normalized spacial score (nSPS) is 9.74. The molecule has 0 unspecified atom stereocenters. The van der Waals surface area contributed by atoms with E-state index < -0.39 is 0 Å². The van der Waals surface area contributed by atoms with E-state index in [2.05, 4.69) is 27.3 Å². The summed E-state index contributed by atoms with van der Waals surface area (Å²) in [5.41, 5.74) is 2.60. The van der Waals surface area contributed by atoms with Crippen LogP contribution in [0.1, 0.15) is 21.5 Å². The molecule has 0 atom stereocenters. The second-order valence-electron chi connectivity index (χ2n) is 4.12. The average Bonchev–Trinajstić information content (AvgIpc) is 2.41. The van der Waals surface area contributed by atoms with Gasteiger partial charge < -0.3 is 5.32 Å². The van der Waals surface area contributed by atoms with Gasteiger partial charge in [-0.15, -0.1) is 0 Å². The smallest absolute Gasteiger partial charge is 0.255 e. The van der Waals surface area contributed by atoms with E-state index in [-0.39, 0.29) is 5.91 Å². The quantitative estimate of drug-likeness (QED) is 0.914. The van der Waals surface area contributed by atoms with Gasteiger partial charge in [-0.1, -0.05) is 33.6 Å². The maximum absolute atomic E-state index is 12.0.